The lowest BCUT2D eigenvalue weighted by molar-refractivity contribution is 0.100. The molecule has 3 N–H and O–H groups in total. The smallest absolute Gasteiger partial charge is 0.248 e. The molecule has 1 heterocycles. The molecule has 5 nitrogen and oxygen atoms in total. The molecule has 1 aliphatic rings. The fourth-order valence-electron chi connectivity index (χ4n) is 2.91. The molecule has 120 valence electrons. The summed E-state index contributed by atoms with van der Waals surface area (Å²) in [6.45, 7) is 4.50. The van der Waals surface area contributed by atoms with Gasteiger partial charge in [-0.3, -0.25) is 9.69 Å². The molecule has 0 unspecified atom stereocenters. The Morgan fingerprint density at radius 2 is 1.65 bits per heavy atom. The van der Waals surface area contributed by atoms with E-state index in [0.29, 0.717) is 11.3 Å². The number of hydrogen-bond donors (Lipinski definition) is 2. The highest BCUT2D eigenvalue weighted by Gasteiger charge is 2.19. The van der Waals surface area contributed by atoms with Gasteiger partial charge in [0.2, 0.25) is 5.91 Å². The van der Waals surface area contributed by atoms with Gasteiger partial charge in [0.25, 0.3) is 0 Å². The third-order valence-corrected chi connectivity index (χ3v) is 4.24. The minimum atomic E-state index is -0.396. The summed E-state index contributed by atoms with van der Waals surface area (Å²) in [6.07, 6.45) is 0. The molecule has 2 aromatic rings. The molecule has 0 radical (unpaired) electrons. The van der Waals surface area contributed by atoms with Gasteiger partial charge in [-0.2, -0.15) is 0 Å². The van der Waals surface area contributed by atoms with Crippen LogP contribution in [0.5, 0.6) is 5.75 Å². The van der Waals surface area contributed by atoms with Gasteiger partial charge < -0.3 is 15.7 Å². The third-order valence-electron chi connectivity index (χ3n) is 4.24. The van der Waals surface area contributed by atoms with E-state index in [9.17, 15) is 9.90 Å². The average Bonchev–Trinajstić information content (AvgIpc) is 2.57. The second-order valence-electron chi connectivity index (χ2n) is 5.81. The molecule has 0 aromatic heterocycles. The van der Waals surface area contributed by atoms with E-state index in [1.54, 1.807) is 18.2 Å². The van der Waals surface area contributed by atoms with Gasteiger partial charge in [-0.05, 0) is 29.8 Å². The zero-order valence-corrected chi connectivity index (χ0v) is 13.0. The standard InChI is InChI=1S/C18H21N3O2/c19-18(23)15-7-5-14(6-8-15)13-20-9-11-21(12-10-20)16-3-1-2-4-17(16)22/h1-8,22H,9-13H2,(H2,19,23). The number of primary amides is 1. The van der Waals surface area contributed by atoms with Gasteiger partial charge in [0, 0.05) is 38.3 Å². The minimum absolute atomic E-state index is 0.336. The van der Waals surface area contributed by atoms with E-state index in [1.165, 1.54) is 5.56 Å². The summed E-state index contributed by atoms with van der Waals surface area (Å²) >= 11 is 0. The van der Waals surface area contributed by atoms with Gasteiger partial charge in [0.1, 0.15) is 5.75 Å². The first kappa shape index (κ1) is 15.4. The van der Waals surface area contributed by atoms with Crippen molar-refractivity contribution in [2.45, 2.75) is 6.54 Å². The molecular weight excluding hydrogens is 290 g/mol. The largest absolute Gasteiger partial charge is 0.506 e. The molecule has 2 aromatic carbocycles. The number of piperazine rings is 1. The normalized spacial score (nSPS) is 15.6. The maximum absolute atomic E-state index is 11.1. The van der Waals surface area contributed by atoms with Crippen LogP contribution in [0.2, 0.25) is 0 Å². The highest BCUT2D eigenvalue weighted by molar-refractivity contribution is 5.92. The first-order chi connectivity index (χ1) is 11.1. The van der Waals surface area contributed by atoms with E-state index in [1.807, 2.05) is 30.3 Å². The fourth-order valence-corrected chi connectivity index (χ4v) is 2.91. The van der Waals surface area contributed by atoms with Crippen molar-refractivity contribution in [3.05, 3.63) is 59.7 Å². The van der Waals surface area contributed by atoms with E-state index in [2.05, 4.69) is 9.80 Å². The predicted molar refractivity (Wildman–Crippen MR) is 90.6 cm³/mol. The van der Waals surface area contributed by atoms with E-state index in [0.717, 1.165) is 38.4 Å². The van der Waals surface area contributed by atoms with E-state index < -0.39 is 5.91 Å². The first-order valence-electron chi connectivity index (χ1n) is 7.77. The Morgan fingerprint density at radius 1 is 1.00 bits per heavy atom. The Hall–Kier alpha value is -2.53. The summed E-state index contributed by atoms with van der Waals surface area (Å²) < 4.78 is 0. The molecule has 1 saturated heterocycles. The Kier molecular flexibility index (Phi) is 4.48. The summed E-state index contributed by atoms with van der Waals surface area (Å²) in [6, 6.07) is 14.9. The molecule has 1 aliphatic heterocycles. The third kappa shape index (κ3) is 3.63. The van der Waals surface area contributed by atoms with Crippen molar-refractivity contribution in [1.82, 2.24) is 4.90 Å². The van der Waals surface area contributed by atoms with E-state index in [-0.39, 0.29) is 0 Å². The Morgan fingerprint density at radius 3 is 2.26 bits per heavy atom. The number of rotatable bonds is 4. The van der Waals surface area contributed by atoms with Crippen LogP contribution in [0, 0.1) is 0 Å². The molecule has 0 spiro atoms. The quantitative estimate of drug-likeness (QED) is 0.903. The second kappa shape index (κ2) is 6.71. The minimum Gasteiger partial charge on any atom is -0.506 e. The van der Waals surface area contributed by atoms with Crippen LogP contribution in [0.15, 0.2) is 48.5 Å². The molecule has 5 heteroatoms. The van der Waals surface area contributed by atoms with Gasteiger partial charge in [-0.15, -0.1) is 0 Å². The topological polar surface area (TPSA) is 69.8 Å². The van der Waals surface area contributed by atoms with Crippen molar-refractivity contribution in [3.63, 3.8) is 0 Å². The van der Waals surface area contributed by atoms with Crippen LogP contribution in [0.4, 0.5) is 5.69 Å². The first-order valence-corrected chi connectivity index (χ1v) is 7.77. The van der Waals surface area contributed by atoms with Crippen molar-refractivity contribution in [2.75, 3.05) is 31.1 Å². The highest BCUT2D eigenvalue weighted by atomic mass is 16.3. The zero-order chi connectivity index (χ0) is 16.2. The number of phenols is 1. The number of hydrogen-bond acceptors (Lipinski definition) is 4. The highest BCUT2D eigenvalue weighted by Crippen LogP contribution is 2.27. The van der Waals surface area contributed by atoms with E-state index >= 15 is 0 Å². The Labute approximate surface area is 135 Å². The Bertz CT molecular complexity index is 677. The maximum atomic E-state index is 11.1. The number of benzene rings is 2. The average molecular weight is 311 g/mol. The number of nitrogens with two attached hydrogens (primary N) is 1. The van der Waals surface area contributed by atoms with Crippen LogP contribution in [0.1, 0.15) is 15.9 Å². The van der Waals surface area contributed by atoms with Gasteiger partial charge in [-0.1, -0.05) is 24.3 Å². The molecule has 1 fully saturated rings. The molecule has 3 rings (SSSR count). The number of nitrogens with zero attached hydrogens (tertiary/aromatic N) is 2. The van der Waals surface area contributed by atoms with Crippen LogP contribution >= 0.6 is 0 Å². The SMILES string of the molecule is NC(=O)c1ccc(CN2CCN(c3ccccc3O)CC2)cc1. The van der Waals surface area contributed by atoms with Crippen molar-refractivity contribution >= 4 is 11.6 Å². The van der Waals surface area contributed by atoms with Gasteiger partial charge >= 0.3 is 0 Å². The molecule has 0 saturated carbocycles. The summed E-state index contributed by atoms with van der Waals surface area (Å²) in [7, 11) is 0. The molecule has 23 heavy (non-hydrogen) atoms. The Balaban J connectivity index is 1.57. The van der Waals surface area contributed by atoms with Crippen LogP contribution in [0.3, 0.4) is 0 Å². The van der Waals surface area contributed by atoms with Crippen LogP contribution in [-0.4, -0.2) is 42.1 Å². The number of carbonyl (C=O) groups excluding carboxylic acids is 1. The lowest BCUT2D eigenvalue weighted by atomic mass is 10.1. The molecule has 1 amide bonds. The summed E-state index contributed by atoms with van der Waals surface area (Å²) in [5, 5.41) is 9.94. The molecule has 0 atom stereocenters. The fraction of sp³-hybridized carbons (Fsp3) is 0.278. The monoisotopic (exact) mass is 311 g/mol. The van der Waals surface area contributed by atoms with Crippen LogP contribution in [-0.2, 0) is 6.54 Å². The number of amides is 1. The van der Waals surface area contributed by atoms with Crippen LogP contribution < -0.4 is 10.6 Å². The summed E-state index contributed by atoms with van der Waals surface area (Å²) in [5.74, 6) is -0.0594. The second-order valence-corrected chi connectivity index (χ2v) is 5.81. The molecular formula is C18H21N3O2. The zero-order valence-electron chi connectivity index (χ0n) is 13.0. The van der Waals surface area contributed by atoms with Crippen LogP contribution in [0.25, 0.3) is 0 Å². The van der Waals surface area contributed by atoms with Crippen molar-refractivity contribution in [3.8, 4) is 5.75 Å². The lowest BCUT2D eigenvalue weighted by Crippen LogP contribution is -2.45. The van der Waals surface area contributed by atoms with Gasteiger partial charge in [0.15, 0.2) is 0 Å². The van der Waals surface area contributed by atoms with Gasteiger partial charge in [-0.25, -0.2) is 0 Å². The predicted octanol–water partition coefficient (Wildman–Crippen LogP) is 1.81. The molecule has 0 bridgehead atoms. The number of aromatic hydroxyl groups is 1. The number of anilines is 1. The summed E-state index contributed by atoms with van der Waals surface area (Å²) in [4.78, 5) is 15.7. The van der Waals surface area contributed by atoms with Crippen molar-refractivity contribution in [1.29, 1.82) is 0 Å². The lowest BCUT2D eigenvalue weighted by Gasteiger charge is -2.36. The van der Waals surface area contributed by atoms with E-state index in [4.69, 9.17) is 5.73 Å². The van der Waals surface area contributed by atoms with Crippen molar-refractivity contribution in [2.24, 2.45) is 5.73 Å². The van der Waals surface area contributed by atoms with Crippen molar-refractivity contribution < 1.29 is 9.90 Å². The number of para-hydroxylation sites is 2. The number of phenolic OH excluding ortho intramolecular Hbond substituents is 1. The molecule has 0 aliphatic carbocycles. The maximum Gasteiger partial charge on any atom is 0.248 e. The summed E-state index contributed by atoms with van der Waals surface area (Å²) in [5.41, 5.74) is 7.87. The number of carbonyl (C=O) groups is 1. The van der Waals surface area contributed by atoms with Gasteiger partial charge in [0.05, 0.1) is 5.69 Å².